The molecule has 0 aromatic heterocycles. The molecular formula is C14H28N2O. The van der Waals surface area contributed by atoms with Crippen molar-refractivity contribution in [3.8, 4) is 0 Å². The number of hydrogen-bond donors (Lipinski definition) is 2. The fourth-order valence-corrected chi connectivity index (χ4v) is 3.35. The lowest BCUT2D eigenvalue weighted by Crippen LogP contribution is -2.44. The Morgan fingerprint density at radius 1 is 1.18 bits per heavy atom. The number of nitrogens with zero attached hydrogens (tertiary/aromatic N) is 1. The molecule has 2 atom stereocenters. The van der Waals surface area contributed by atoms with E-state index in [1.807, 2.05) is 0 Å². The highest BCUT2D eigenvalue weighted by molar-refractivity contribution is 4.84. The molecule has 2 fully saturated rings. The number of rotatable bonds is 3. The topological polar surface area (TPSA) is 35.5 Å². The Kier molecular flexibility index (Phi) is 5.26. The number of aliphatic hydroxyl groups is 1. The predicted molar refractivity (Wildman–Crippen MR) is 71.1 cm³/mol. The second-order valence-corrected chi connectivity index (χ2v) is 5.97. The maximum absolute atomic E-state index is 9.11. The molecule has 0 amide bonds. The molecular weight excluding hydrogens is 212 g/mol. The highest BCUT2D eigenvalue weighted by Gasteiger charge is 2.27. The summed E-state index contributed by atoms with van der Waals surface area (Å²) in [7, 11) is 0. The van der Waals surface area contributed by atoms with Gasteiger partial charge in [-0.15, -0.1) is 0 Å². The predicted octanol–water partition coefficient (Wildman–Crippen LogP) is 1.61. The van der Waals surface area contributed by atoms with Crippen LogP contribution >= 0.6 is 0 Å². The van der Waals surface area contributed by atoms with Crippen molar-refractivity contribution in [2.24, 2.45) is 5.92 Å². The third kappa shape index (κ3) is 3.94. The third-order valence-electron chi connectivity index (χ3n) is 4.32. The van der Waals surface area contributed by atoms with Crippen molar-refractivity contribution in [1.29, 1.82) is 0 Å². The summed E-state index contributed by atoms with van der Waals surface area (Å²) in [5.74, 6) is 0.737. The summed E-state index contributed by atoms with van der Waals surface area (Å²) in [6.07, 6.45) is 7.92. The standard InChI is InChI=1S/C14H28N2O/c1-12-9-15-13(7-8-17)11-16(10-12)14-5-3-2-4-6-14/h12-15,17H,2-11H2,1H3. The van der Waals surface area contributed by atoms with Crippen LogP contribution in [-0.4, -0.2) is 48.3 Å². The highest BCUT2D eigenvalue weighted by atomic mass is 16.3. The lowest BCUT2D eigenvalue weighted by molar-refractivity contribution is 0.136. The monoisotopic (exact) mass is 240 g/mol. The van der Waals surface area contributed by atoms with Gasteiger partial charge < -0.3 is 10.4 Å². The second kappa shape index (κ2) is 6.72. The minimum Gasteiger partial charge on any atom is -0.396 e. The van der Waals surface area contributed by atoms with Gasteiger partial charge in [0.05, 0.1) is 0 Å². The Morgan fingerprint density at radius 2 is 1.94 bits per heavy atom. The molecule has 1 saturated carbocycles. The maximum atomic E-state index is 9.11. The van der Waals surface area contributed by atoms with Gasteiger partial charge in [0.1, 0.15) is 0 Å². The van der Waals surface area contributed by atoms with E-state index in [0.29, 0.717) is 12.6 Å². The minimum absolute atomic E-state index is 0.310. The molecule has 1 aliphatic heterocycles. The Hall–Kier alpha value is -0.120. The summed E-state index contributed by atoms with van der Waals surface area (Å²) in [5, 5.41) is 12.7. The second-order valence-electron chi connectivity index (χ2n) is 5.97. The SMILES string of the molecule is CC1CNC(CCO)CN(C2CCCCC2)C1. The molecule has 1 saturated heterocycles. The largest absolute Gasteiger partial charge is 0.396 e. The molecule has 2 rings (SSSR count). The number of nitrogens with one attached hydrogen (secondary N) is 1. The van der Waals surface area contributed by atoms with Crippen LogP contribution < -0.4 is 5.32 Å². The Morgan fingerprint density at radius 3 is 2.65 bits per heavy atom. The molecule has 2 unspecified atom stereocenters. The first-order valence-electron chi connectivity index (χ1n) is 7.38. The number of hydrogen-bond acceptors (Lipinski definition) is 3. The summed E-state index contributed by atoms with van der Waals surface area (Å²) in [4.78, 5) is 2.70. The van der Waals surface area contributed by atoms with E-state index in [9.17, 15) is 0 Å². The van der Waals surface area contributed by atoms with Crippen LogP contribution in [0.25, 0.3) is 0 Å². The van der Waals surface area contributed by atoms with Gasteiger partial charge in [-0.05, 0) is 31.7 Å². The summed E-state index contributed by atoms with van der Waals surface area (Å²) in [5.41, 5.74) is 0. The lowest BCUT2D eigenvalue weighted by atomic mass is 9.93. The molecule has 0 spiro atoms. The molecule has 0 radical (unpaired) electrons. The average molecular weight is 240 g/mol. The van der Waals surface area contributed by atoms with Crippen molar-refractivity contribution in [1.82, 2.24) is 10.2 Å². The number of aliphatic hydroxyl groups excluding tert-OH is 1. The normalized spacial score (nSPS) is 33.5. The molecule has 1 heterocycles. The van der Waals surface area contributed by atoms with Gasteiger partial charge in [-0.1, -0.05) is 26.2 Å². The molecule has 3 heteroatoms. The van der Waals surface area contributed by atoms with Gasteiger partial charge in [0.2, 0.25) is 0 Å². The Labute approximate surface area is 106 Å². The van der Waals surface area contributed by atoms with Crippen LogP contribution in [0.5, 0.6) is 0 Å². The van der Waals surface area contributed by atoms with Crippen LogP contribution in [0.3, 0.4) is 0 Å². The van der Waals surface area contributed by atoms with Crippen molar-refractivity contribution in [3.63, 3.8) is 0 Å². The van der Waals surface area contributed by atoms with Gasteiger partial charge >= 0.3 is 0 Å². The van der Waals surface area contributed by atoms with Gasteiger partial charge in [0.15, 0.2) is 0 Å². The zero-order chi connectivity index (χ0) is 12.1. The van der Waals surface area contributed by atoms with E-state index in [0.717, 1.165) is 31.5 Å². The van der Waals surface area contributed by atoms with Gasteiger partial charge in [-0.3, -0.25) is 4.90 Å². The highest BCUT2D eigenvalue weighted by Crippen LogP contribution is 2.24. The summed E-state index contributed by atoms with van der Waals surface area (Å²) in [6, 6.07) is 1.30. The molecule has 2 aliphatic rings. The van der Waals surface area contributed by atoms with E-state index in [1.54, 1.807) is 0 Å². The van der Waals surface area contributed by atoms with Crippen LogP contribution in [0.15, 0.2) is 0 Å². The first-order chi connectivity index (χ1) is 8.29. The zero-order valence-electron chi connectivity index (χ0n) is 11.2. The smallest absolute Gasteiger partial charge is 0.0446 e. The molecule has 1 aliphatic carbocycles. The molecule has 0 aromatic carbocycles. The van der Waals surface area contributed by atoms with E-state index in [2.05, 4.69) is 17.1 Å². The quantitative estimate of drug-likeness (QED) is 0.787. The van der Waals surface area contributed by atoms with E-state index >= 15 is 0 Å². The van der Waals surface area contributed by atoms with Gasteiger partial charge in [-0.25, -0.2) is 0 Å². The van der Waals surface area contributed by atoms with Crippen molar-refractivity contribution >= 4 is 0 Å². The van der Waals surface area contributed by atoms with Gasteiger partial charge in [-0.2, -0.15) is 0 Å². The fourth-order valence-electron chi connectivity index (χ4n) is 3.35. The van der Waals surface area contributed by atoms with Crippen LogP contribution in [0.2, 0.25) is 0 Å². The van der Waals surface area contributed by atoms with Crippen LogP contribution in [0, 0.1) is 5.92 Å². The fraction of sp³-hybridized carbons (Fsp3) is 1.00. The van der Waals surface area contributed by atoms with Crippen LogP contribution in [0.1, 0.15) is 45.4 Å². The molecule has 17 heavy (non-hydrogen) atoms. The molecule has 2 N–H and O–H groups in total. The molecule has 3 nitrogen and oxygen atoms in total. The van der Waals surface area contributed by atoms with Crippen molar-refractivity contribution in [3.05, 3.63) is 0 Å². The van der Waals surface area contributed by atoms with Crippen molar-refractivity contribution < 1.29 is 5.11 Å². The van der Waals surface area contributed by atoms with Crippen LogP contribution in [0.4, 0.5) is 0 Å². The first-order valence-corrected chi connectivity index (χ1v) is 7.38. The van der Waals surface area contributed by atoms with E-state index in [-0.39, 0.29) is 0 Å². The average Bonchev–Trinajstić information content (AvgIpc) is 2.54. The minimum atomic E-state index is 0.310. The molecule has 100 valence electrons. The van der Waals surface area contributed by atoms with Crippen molar-refractivity contribution in [2.75, 3.05) is 26.2 Å². The van der Waals surface area contributed by atoms with E-state index in [4.69, 9.17) is 5.11 Å². The lowest BCUT2D eigenvalue weighted by Gasteiger charge is -2.35. The van der Waals surface area contributed by atoms with Gasteiger partial charge in [0.25, 0.3) is 0 Å². The van der Waals surface area contributed by atoms with E-state index in [1.165, 1.54) is 38.6 Å². The summed E-state index contributed by atoms with van der Waals surface area (Å²) in [6.45, 7) is 6.12. The summed E-state index contributed by atoms with van der Waals surface area (Å²) >= 11 is 0. The van der Waals surface area contributed by atoms with Gasteiger partial charge in [0, 0.05) is 31.8 Å². The third-order valence-corrected chi connectivity index (χ3v) is 4.32. The summed E-state index contributed by atoms with van der Waals surface area (Å²) < 4.78 is 0. The molecule has 0 aromatic rings. The maximum Gasteiger partial charge on any atom is 0.0446 e. The zero-order valence-corrected chi connectivity index (χ0v) is 11.2. The Balaban J connectivity index is 1.92. The first kappa shape index (κ1) is 13.3. The van der Waals surface area contributed by atoms with E-state index < -0.39 is 0 Å². The van der Waals surface area contributed by atoms with Crippen LogP contribution in [-0.2, 0) is 0 Å². The Bertz CT molecular complexity index is 216. The van der Waals surface area contributed by atoms with Crippen molar-refractivity contribution in [2.45, 2.75) is 57.5 Å². The molecule has 0 bridgehead atoms.